The standard InChI is InChI=1S/C11H19N3/c1-8-4-3-7-14-10(5-6-12)9(2)13-11(8)14/h8H,3-7,12H2,1-2H3. The van der Waals surface area contributed by atoms with Crippen molar-refractivity contribution < 1.29 is 0 Å². The molecule has 0 fully saturated rings. The fourth-order valence-corrected chi connectivity index (χ4v) is 2.39. The van der Waals surface area contributed by atoms with E-state index in [4.69, 9.17) is 5.73 Å². The summed E-state index contributed by atoms with van der Waals surface area (Å²) < 4.78 is 2.39. The second-order valence-electron chi connectivity index (χ2n) is 4.24. The molecule has 1 aromatic rings. The van der Waals surface area contributed by atoms with Crippen LogP contribution in [-0.2, 0) is 13.0 Å². The van der Waals surface area contributed by atoms with Crippen LogP contribution < -0.4 is 5.73 Å². The average molecular weight is 193 g/mol. The maximum Gasteiger partial charge on any atom is 0.112 e. The van der Waals surface area contributed by atoms with Gasteiger partial charge in [-0.2, -0.15) is 0 Å². The molecule has 0 spiro atoms. The van der Waals surface area contributed by atoms with Crippen LogP contribution in [0.2, 0.25) is 0 Å². The monoisotopic (exact) mass is 193 g/mol. The number of rotatable bonds is 2. The zero-order valence-electron chi connectivity index (χ0n) is 9.08. The van der Waals surface area contributed by atoms with Gasteiger partial charge >= 0.3 is 0 Å². The molecule has 0 radical (unpaired) electrons. The third kappa shape index (κ3) is 1.46. The number of nitrogens with two attached hydrogens (primary N) is 1. The van der Waals surface area contributed by atoms with Crippen molar-refractivity contribution in [3.05, 3.63) is 17.2 Å². The molecule has 2 heterocycles. The fraction of sp³-hybridized carbons (Fsp3) is 0.727. The normalized spacial score (nSPS) is 20.9. The minimum atomic E-state index is 0.619. The van der Waals surface area contributed by atoms with Crippen molar-refractivity contribution in [3.63, 3.8) is 0 Å². The first kappa shape index (κ1) is 9.71. The summed E-state index contributed by atoms with van der Waals surface area (Å²) >= 11 is 0. The van der Waals surface area contributed by atoms with Crippen molar-refractivity contribution in [2.75, 3.05) is 6.54 Å². The van der Waals surface area contributed by atoms with Crippen molar-refractivity contribution >= 4 is 0 Å². The molecule has 2 N–H and O–H groups in total. The molecule has 3 heteroatoms. The van der Waals surface area contributed by atoms with E-state index in [0.717, 1.165) is 19.5 Å². The maximum absolute atomic E-state index is 5.62. The highest BCUT2D eigenvalue weighted by atomic mass is 15.1. The topological polar surface area (TPSA) is 43.8 Å². The van der Waals surface area contributed by atoms with Crippen LogP contribution in [0.4, 0.5) is 0 Å². The highest BCUT2D eigenvalue weighted by molar-refractivity contribution is 5.19. The maximum atomic E-state index is 5.62. The first-order valence-corrected chi connectivity index (χ1v) is 5.50. The van der Waals surface area contributed by atoms with Gasteiger partial charge in [0, 0.05) is 24.6 Å². The molecule has 78 valence electrons. The highest BCUT2D eigenvalue weighted by Crippen LogP contribution is 2.28. The molecule has 0 amide bonds. The van der Waals surface area contributed by atoms with Gasteiger partial charge in [-0.25, -0.2) is 4.98 Å². The van der Waals surface area contributed by atoms with Gasteiger partial charge in [-0.1, -0.05) is 6.92 Å². The molecule has 0 aliphatic carbocycles. The Balaban J connectivity index is 2.41. The van der Waals surface area contributed by atoms with Crippen molar-refractivity contribution in [1.29, 1.82) is 0 Å². The molecule has 0 saturated heterocycles. The number of hydrogen-bond donors (Lipinski definition) is 1. The predicted molar refractivity (Wildman–Crippen MR) is 57.4 cm³/mol. The van der Waals surface area contributed by atoms with Crippen molar-refractivity contribution in [3.8, 4) is 0 Å². The lowest BCUT2D eigenvalue weighted by Gasteiger charge is -2.21. The summed E-state index contributed by atoms with van der Waals surface area (Å²) in [6, 6.07) is 0. The third-order valence-electron chi connectivity index (χ3n) is 3.14. The Labute approximate surface area is 85.3 Å². The van der Waals surface area contributed by atoms with Crippen molar-refractivity contribution in [2.24, 2.45) is 5.73 Å². The van der Waals surface area contributed by atoms with E-state index in [1.807, 2.05) is 0 Å². The van der Waals surface area contributed by atoms with Crippen LogP contribution in [0.25, 0.3) is 0 Å². The zero-order valence-corrected chi connectivity index (χ0v) is 9.08. The second kappa shape index (κ2) is 3.73. The van der Waals surface area contributed by atoms with Crippen LogP contribution in [0, 0.1) is 6.92 Å². The SMILES string of the molecule is Cc1nc2n(c1CCN)CCCC2C. The van der Waals surface area contributed by atoms with Gasteiger partial charge < -0.3 is 10.3 Å². The quantitative estimate of drug-likeness (QED) is 0.775. The van der Waals surface area contributed by atoms with E-state index in [2.05, 4.69) is 23.4 Å². The van der Waals surface area contributed by atoms with E-state index in [1.165, 1.54) is 30.1 Å². The molecule has 1 aliphatic heterocycles. The molecule has 0 aromatic carbocycles. The first-order valence-electron chi connectivity index (χ1n) is 5.50. The molecular formula is C11H19N3. The average Bonchev–Trinajstić information content (AvgIpc) is 2.47. The van der Waals surface area contributed by atoms with Crippen LogP contribution >= 0.6 is 0 Å². The van der Waals surface area contributed by atoms with E-state index in [1.54, 1.807) is 0 Å². The van der Waals surface area contributed by atoms with Gasteiger partial charge in [0.1, 0.15) is 5.82 Å². The van der Waals surface area contributed by atoms with Gasteiger partial charge in [-0.05, 0) is 26.3 Å². The molecule has 1 aromatic heterocycles. The molecule has 0 saturated carbocycles. The fourth-order valence-electron chi connectivity index (χ4n) is 2.39. The van der Waals surface area contributed by atoms with Gasteiger partial charge in [-0.15, -0.1) is 0 Å². The largest absolute Gasteiger partial charge is 0.332 e. The minimum Gasteiger partial charge on any atom is -0.332 e. The number of nitrogens with zero attached hydrogens (tertiary/aromatic N) is 2. The lowest BCUT2D eigenvalue weighted by atomic mass is 10.0. The van der Waals surface area contributed by atoms with Gasteiger partial charge in [0.2, 0.25) is 0 Å². The van der Waals surface area contributed by atoms with Crippen LogP contribution in [0.1, 0.15) is 42.9 Å². The van der Waals surface area contributed by atoms with E-state index in [-0.39, 0.29) is 0 Å². The third-order valence-corrected chi connectivity index (χ3v) is 3.14. The van der Waals surface area contributed by atoms with Crippen LogP contribution in [0.5, 0.6) is 0 Å². The van der Waals surface area contributed by atoms with Gasteiger partial charge in [0.25, 0.3) is 0 Å². The van der Waals surface area contributed by atoms with Gasteiger partial charge in [0.15, 0.2) is 0 Å². The lowest BCUT2D eigenvalue weighted by molar-refractivity contribution is 0.454. The smallest absolute Gasteiger partial charge is 0.112 e. The Bertz CT molecular complexity index is 328. The van der Waals surface area contributed by atoms with Gasteiger partial charge in [0.05, 0.1) is 5.69 Å². The molecule has 2 rings (SSSR count). The number of fused-ring (bicyclic) bond motifs is 1. The Kier molecular flexibility index (Phi) is 2.59. The number of imidazole rings is 1. The van der Waals surface area contributed by atoms with E-state index in [0.29, 0.717) is 5.92 Å². The van der Waals surface area contributed by atoms with Crippen LogP contribution in [0.3, 0.4) is 0 Å². The molecule has 1 aliphatic rings. The molecular weight excluding hydrogens is 174 g/mol. The first-order chi connectivity index (χ1) is 6.74. The van der Waals surface area contributed by atoms with Crippen molar-refractivity contribution in [1.82, 2.24) is 9.55 Å². The number of aromatic nitrogens is 2. The van der Waals surface area contributed by atoms with E-state index in [9.17, 15) is 0 Å². The summed E-state index contributed by atoms with van der Waals surface area (Å²) in [6.45, 7) is 6.23. The molecule has 1 atom stereocenters. The van der Waals surface area contributed by atoms with E-state index < -0.39 is 0 Å². The summed E-state index contributed by atoms with van der Waals surface area (Å²) in [5, 5.41) is 0. The summed E-state index contributed by atoms with van der Waals surface area (Å²) in [6.07, 6.45) is 3.52. The second-order valence-corrected chi connectivity index (χ2v) is 4.24. The zero-order chi connectivity index (χ0) is 10.1. The van der Waals surface area contributed by atoms with Gasteiger partial charge in [-0.3, -0.25) is 0 Å². The minimum absolute atomic E-state index is 0.619. The number of hydrogen-bond acceptors (Lipinski definition) is 2. The van der Waals surface area contributed by atoms with Crippen LogP contribution in [0.15, 0.2) is 0 Å². The summed E-state index contributed by atoms with van der Waals surface area (Å²) in [5.41, 5.74) is 8.15. The van der Waals surface area contributed by atoms with Crippen molar-refractivity contribution in [2.45, 2.75) is 45.6 Å². The molecule has 14 heavy (non-hydrogen) atoms. The Hall–Kier alpha value is -0.830. The lowest BCUT2D eigenvalue weighted by Crippen LogP contribution is -2.17. The number of aryl methyl sites for hydroxylation is 1. The Morgan fingerprint density at radius 3 is 3.07 bits per heavy atom. The summed E-state index contributed by atoms with van der Waals surface area (Å²) in [4.78, 5) is 4.66. The molecule has 3 nitrogen and oxygen atoms in total. The predicted octanol–water partition coefficient (Wildman–Crippen LogP) is 1.59. The highest BCUT2D eigenvalue weighted by Gasteiger charge is 2.21. The Morgan fingerprint density at radius 1 is 1.57 bits per heavy atom. The summed E-state index contributed by atoms with van der Waals surface area (Å²) in [5.74, 6) is 1.89. The van der Waals surface area contributed by atoms with E-state index >= 15 is 0 Å². The Morgan fingerprint density at radius 2 is 2.36 bits per heavy atom. The summed E-state index contributed by atoms with van der Waals surface area (Å²) in [7, 11) is 0. The molecule has 0 bridgehead atoms. The molecule has 1 unspecified atom stereocenters. The van der Waals surface area contributed by atoms with Crippen LogP contribution in [-0.4, -0.2) is 16.1 Å².